The van der Waals surface area contributed by atoms with Crippen molar-refractivity contribution in [2.45, 2.75) is 42.6 Å². The molecule has 0 aliphatic rings. The van der Waals surface area contributed by atoms with E-state index in [0.29, 0.717) is 0 Å². The first-order valence-corrected chi connectivity index (χ1v) is 10.7. The van der Waals surface area contributed by atoms with Gasteiger partial charge in [-0.15, -0.1) is 0 Å². The second kappa shape index (κ2) is 11.2. The van der Waals surface area contributed by atoms with E-state index in [2.05, 4.69) is 8.37 Å². The molecule has 0 heterocycles. The molecule has 2 unspecified atom stereocenters. The Hall–Kier alpha value is -3.28. The summed E-state index contributed by atoms with van der Waals surface area (Å²) in [6.07, 6.45) is -5.18. The number of hydrogen-bond acceptors (Lipinski definition) is 12. The van der Waals surface area contributed by atoms with Crippen molar-refractivity contribution < 1.29 is 74.4 Å². The Morgan fingerprint density at radius 1 is 0.613 bits per heavy atom. The second-order valence-electron chi connectivity index (χ2n) is 5.60. The minimum Gasteiger partial charge on any atom is -0.481 e. The fourth-order valence-electron chi connectivity index (χ4n) is 1.78. The van der Waals surface area contributed by atoms with Crippen LogP contribution in [-0.4, -0.2) is 83.6 Å². The molecule has 0 fully saturated rings. The molecule has 0 rings (SSSR count). The van der Waals surface area contributed by atoms with Crippen LogP contribution in [0.1, 0.15) is 32.1 Å². The lowest BCUT2D eigenvalue weighted by atomic mass is 10.2. The lowest BCUT2D eigenvalue weighted by Gasteiger charge is -2.12. The molecule has 176 valence electrons. The summed E-state index contributed by atoms with van der Waals surface area (Å²) in [7, 11) is -10.4. The van der Waals surface area contributed by atoms with E-state index in [1.54, 1.807) is 0 Å². The van der Waals surface area contributed by atoms with Gasteiger partial charge in [0, 0.05) is 12.8 Å². The fourth-order valence-corrected chi connectivity index (χ4v) is 3.88. The summed E-state index contributed by atoms with van der Waals surface area (Å²) in [6, 6.07) is 0. The summed E-state index contributed by atoms with van der Waals surface area (Å²) in [5, 5.41) is 29.3. The number of carboxylic acids is 4. The zero-order valence-electron chi connectivity index (χ0n) is 15.2. The Kier molecular flexibility index (Phi) is 10.0. The van der Waals surface area contributed by atoms with Crippen LogP contribution in [0.4, 0.5) is 0 Å². The molecule has 0 radical (unpaired) electrons. The third-order valence-electron chi connectivity index (χ3n) is 3.15. The summed E-state index contributed by atoms with van der Waals surface area (Å²) in [6.45, 7) is 0. The monoisotopic (exact) mass is 492 g/mol. The van der Waals surface area contributed by atoms with E-state index in [9.17, 15) is 45.6 Å². The second-order valence-corrected chi connectivity index (χ2v) is 9.04. The van der Waals surface area contributed by atoms with Gasteiger partial charge in [-0.25, -0.2) is 0 Å². The van der Waals surface area contributed by atoms with E-state index < -0.39 is 98.7 Å². The van der Waals surface area contributed by atoms with Gasteiger partial charge in [-0.3, -0.25) is 28.8 Å². The first kappa shape index (κ1) is 27.7. The standard InChI is InChI=1S/C13H16O16S2/c14-8(15)4-6(12(20)21)30(24,25)28-10(18)2-1-3-11(19)29-31(26,27)7(13(22)23)5-9(16)17/h6-7H,1-5H2,(H,14,15)(H,16,17)(H,20,21)(H,22,23). The van der Waals surface area contributed by atoms with Crippen LogP contribution in [0.15, 0.2) is 0 Å². The van der Waals surface area contributed by atoms with E-state index in [-0.39, 0.29) is 0 Å². The van der Waals surface area contributed by atoms with Crippen molar-refractivity contribution in [3.05, 3.63) is 0 Å². The Balaban J connectivity index is 4.87. The van der Waals surface area contributed by atoms with Gasteiger partial charge in [0.1, 0.15) is 0 Å². The van der Waals surface area contributed by atoms with Gasteiger partial charge >= 0.3 is 56.1 Å². The molecule has 0 spiro atoms. The number of hydrogen-bond donors (Lipinski definition) is 4. The summed E-state index contributed by atoms with van der Waals surface area (Å²) in [5.74, 6) is -11.0. The zero-order chi connectivity index (χ0) is 24.6. The highest BCUT2D eigenvalue weighted by atomic mass is 32.2. The normalized spacial score (nSPS) is 13.4. The Bertz CT molecular complexity index is 881. The zero-order valence-corrected chi connectivity index (χ0v) is 16.8. The minimum absolute atomic E-state index is 0.601. The van der Waals surface area contributed by atoms with Crippen LogP contribution in [-0.2, 0) is 57.4 Å². The largest absolute Gasteiger partial charge is 0.481 e. The lowest BCUT2D eigenvalue weighted by molar-refractivity contribution is -0.143. The van der Waals surface area contributed by atoms with Crippen molar-refractivity contribution in [3.8, 4) is 0 Å². The van der Waals surface area contributed by atoms with Gasteiger partial charge in [0.15, 0.2) is 0 Å². The molecule has 16 nitrogen and oxygen atoms in total. The number of rotatable bonds is 14. The number of carbonyl (C=O) groups is 6. The maximum Gasteiger partial charge on any atom is 0.326 e. The van der Waals surface area contributed by atoms with Crippen LogP contribution in [0.25, 0.3) is 0 Å². The minimum atomic E-state index is -5.19. The molecule has 0 bridgehead atoms. The fraction of sp³-hybridized carbons (Fsp3) is 0.538. The molecular weight excluding hydrogens is 476 g/mol. The highest BCUT2D eigenvalue weighted by molar-refractivity contribution is 7.88. The van der Waals surface area contributed by atoms with Crippen molar-refractivity contribution in [2.24, 2.45) is 0 Å². The maximum absolute atomic E-state index is 11.7. The van der Waals surface area contributed by atoms with Crippen LogP contribution in [0.2, 0.25) is 0 Å². The van der Waals surface area contributed by atoms with Crippen LogP contribution in [0.5, 0.6) is 0 Å². The molecule has 0 amide bonds. The summed E-state index contributed by atoms with van der Waals surface area (Å²) in [4.78, 5) is 65.7. The smallest absolute Gasteiger partial charge is 0.326 e. The SMILES string of the molecule is O=C(O)CC(C(=O)O)S(=O)(=O)OC(=O)CCCC(=O)OS(=O)(=O)C(CC(=O)O)C(=O)O. The molecule has 0 saturated heterocycles. The van der Waals surface area contributed by atoms with Gasteiger partial charge < -0.3 is 28.8 Å². The third-order valence-corrected chi connectivity index (χ3v) is 6.11. The van der Waals surface area contributed by atoms with Crippen molar-refractivity contribution in [1.29, 1.82) is 0 Å². The predicted molar refractivity (Wildman–Crippen MR) is 91.2 cm³/mol. The first-order chi connectivity index (χ1) is 14.0. The van der Waals surface area contributed by atoms with Gasteiger partial charge in [0.2, 0.25) is 10.5 Å². The van der Waals surface area contributed by atoms with Crippen LogP contribution in [0, 0.1) is 0 Å². The number of aliphatic carboxylic acids is 4. The van der Waals surface area contributed by atoms with Crippen molar-refractivity contribution in [3.63, 3.8) is 0 Å². The Morgan fingerprint density at radius 2 is 0.903 bits per heavy atom. The quantitative estimate of drug-likeness (QED) is 0.186. The molecule has 0 aromatic carbocycles. The average Bonchev–Trinajstić information content (AvgIpc) is 2.55. The highest BCUT2D eigenvalue weighted by Gasteiger charge is 2.39. The summed E-state index contributed by atoms with van der Waals surface area (Å²) >= 11 is 0. The Morgan fingerprint density at radius 3 is 1.13 bits per heavy atom. The van der Waals surface area contributed by atoms with Crippen LogP contribution >= 0.6 is 0 Å². The van der Waals surface area contributed by atoms with E-state index in [1.165, 1.54) is 0 Å². The lowest BCUT2D eigenvalue weighted by Crippen LogP contribution is -2.35. The molecule has 0 aromatic heterocycles. The average molecular weight is 492 g/mol. The molecule has 0 saturated carbocycles. The van der Waals surface area contributed by atoms with Gasteiger partial charge in [-0.1, -0.05) is 0 Å². The van der Waals surface area contributed by atoms with Gasteiger partial charge in [0.25, 0.3) is 0 Å². The molecular formula is C13H16O16S2. The maximum atomic E-state index is 11.7. The number of carboxylic acid groups (broad SMARTS) is 4. The number of carbonyl (C=O) groups excluding carboxylic acids is 2. The Labute approximate surface area is 173 Å². The summed E-state index contributed by atoms with van der Waals surface area (Å²) < 4.78 is 54.5. The van der Waals surface area contributed by atoms with Crippen molar-refractivity contribution in [1.82, 2.24) is 0 Å². The van der Waals surface area contributed by atoms with Gasteiger partial charge in [-0.2, -0.15) is 16.8 Å². The molecule has 4 N–H and O–H groups in total. The van der Waals surface area contributed by atoms with E-state index >= 15 is 0 Å². The summed E-state index contributed by atoms with van der Waals surface area (Å²) in [5.41, 5.74) is 0. The van der Waals surface area contributed by atoms with E-state index in [1.807, 2.05) is 0 Å². The molecule has 31 heavy (non-hydrogen) atoms. The predicted octanol–water partition coefficient (Wildman–Crippen LogP) is -2.24. The third kappa shape index (κ3) is 9.85. The highest BCUT2D eigenvalue weighted by Crippen LogP contribution is 2.14. The topological polar surface area (TPSA) is 270 Å². The van der Waals surface area contributed by atoms with Crippen molar-refractivity contribution in [2.75, 3.05) is 0 Å². The molecule has 0 aliphatic heterocycles. The van der Waals surface area contributed by atoms with Crippen LogP contribution in [0.3, 0.4) is 0 Å². The van der Waals surface area contributed by atoms with Crippen LogP contribution < -0.4 is 0 Å². The molecule has 0 aromatic rings. The molecule has 18 heteroatoms. The van der Waals surface area contributed by atoms with Gasteiger partial charge in [0.05, 0.1) is 12.8 Å². The van der Waals surface area contributed by atoms with E-state index in [0.717, 1.165) is 0 Å². The molecule has 2 atom stereocenters. The van der Waals surface area contributed by atoms with Gasteiger partial charge in [-0.05, 0) is 6.42 Å². The molecule has 0 aliphatic carbocycles. The van der Waals surface area contributed by atoms with E-state index in [4.69, 9.17) is 20.4 Å². The first-order valence-electron chi connectivity index (χ1n) is 7.81. The van der Waals surface area contributed by atoms with Crippen molar-refractivity contribution >= 4 is 56.1 Å².